The zero-order chi connectivity index (χ0) is 13.7. The number of amides is 1. The molecule has 0 aromatic heterocycles. The Kier molecular flexibility index (Phi) is 5.28. The molecule has 3 nitrogen and oxygen atoms in total. The molecule has 1 aromatic carbocycles. The Morgan fingerprint density at radius 1 is 1.42 bits per heavy atom. The number of hydrogen-bond donors (Lipinski definition) is 1. The summed E-state index contributed by atoms with van der Waals surface area (Å²) in [5, 5.41) is 3.15. The van der Waals surface area contributed by atoms with Crippen LogP contribution in [-0.2, 0) is 5.75 Å². The van der Waals surface area contributed by atoms with E-state index < -0.39 is 0 Å². The molecule has 1 fully saturated rings. The van der Waals surface area contributed by atoms with E-state index in [0.717, 1.165) is 37.2 Å². The second-order valence-electron chi connectivity index (χ2n) is 5.18. The van der Waals surface area contributed by atoms with Gasteiger partial charge in [-0.2, -0.15) is 11.8 Å². The first kappa shape index (κ1) is 14.4. The topological polar surface area (TPSA) is 32.3 Å². The third kappa shape index (κ3) is 4.25. The number of carbonyl (C=O) groups excluding carboxylic acids is 1. The van der Waals surface area contributed by atoms with E-state index >= 15 is 0 Å². The minimum atomic E-state index is 0.0671. The highest BCUT2D eigenvalue weighted by Gasteiger charge is 2.19. The SMILES string of the molecule is CSCc1cccc(C(=O)NC2CCN(C)CC2)c1. The second-order valence-corrected chi connectivity index (χ2v) is 6.05. The van der Waals surface area contributed by atoms with Crippen molar-refractivity contribution < 1.29 is 4.79 Å². The molecule has 0 unspecified atom stereocenters. The quantitative estimate of drug-likeness (QED) is 0.918. The summed E-state index contributed by atoms with van der Waals surface area (Å²) in [6.45, 7) is 2.13. The number of hydrogen-bond acceptors (Lipinski definition) is 3. The van der Waals surface area contributed by atoms with Gasteiger partial charge in [0.2, 0.25) is 0 Å². The van der Waals surface area contributed by atoms with Gasteiger partial charge in [-0.05, 0) is 56.9 Å². The van der Waals surface area contributed by atoms with Crippen LogP contribution >= 0.6 is 11.8 Å². The number of piperidine rings is 1. The maximum atomic E-state index is 12.2. The van der Waals surface area contributed by atoms with Crippen molar-refractivity contribution in [3.05, 3.63) is 35.4 Å². The van der Waals surface area contributed by atoms with Crippen LogP contribution in [0.15, 0.2) is 24.3 Å². The van der Waals surface area contributed by atoms with E-state index in [1.165, 1.54) is 5.56 Å². The van der Waals surface area contributed by atoms with Gasteiger partial charge in [-0.3, -0.25) is 4.79 Å². The lowest BCUT2D eigenvalue weighted by molar-refractivity contribution is 0.0917. The zero-order valence-corrected chi connectivity index (χ0v) is 12.5. The average molecular weight is 278 g/mol. The molecule has 2 rings (SSSR count). The zero-order valence-electron chi connectivity index (χ0n) is 11.7. The molecule has 104 valence electrons. The van der Waals surface area contributed by atoms with E-state index in [9.17, 15) is 4.79 Å². The maximum Gasteiger partial charge on any atom is 0.251 e. The highest BCUT2D eigenvalue weighted by molar-refractivity contribution is 7.97. The molecule has 0 spiro atoms. The van der Waals surface area contributed by atoms with E-state index in [1.54, 1.807) is 11.8 Å². The number of nitrogens with one attached hydrogen (secondary N) is 1. The van der Waals surface area contributed by atoms with Crippen LogP contribution in [0.25, 0.3) is 0 Å². The third-order valence-corrected chi connectivity index (χ3v) is 4.18. The Balaban J connectivity index is 1.94. The highest BCUT2D eigenvalue weighted by atomic mass is 32.2. The van der Waals surface area contributed by atoms with E-state index in [-0.39, 0.29) is 5.91 Å². The normalized spacial score (nSPS) is 17.4. The van der Waals surface area contributed by atoms with Crippen LogP contribution in [0.4, 0.5) is 0 Å². The Bertz CT molecular complexity index is 428. The third-order valence-electron chi connectivity index (χ3n) is 3.55. The molecule has 0 saturated carbocycles. The van der Waals surface area contributed by atoms with Gasteiger partial charge in [0.1, 0.15) is 0 Å². The van der Waals surface area contributed by atoms with Gasteiger partial charge < -0.3 is 10.2 Å². The molecular formula is C15H22N2OS. The van der Waals surface area contributed by atoms with E-state index in [2.05, 4.69) is 29.6 Å². The molecule has 0 radical (unpaired) electrons. The number of carbonyl (C=O) groups is 1. The standard InChI is InChI=1S/C15H22N2OS/c1-17-8-6-14(7-9-17)16-15(18)13-5-3-4-12(10-13)11-19-2/h3-5,10,14H,6-9,11H2,1-2H3,(H,16,18). The van der Waals surface area contributed by atoms with Gasteiger partial charge in [0, 0.05) is 17.4 Å². The van der Waals surface area contributed by atoms with Gasteiger partial charge in [0.25, 0.3) is 5.91 Å². The van der Waals surface area contributed by atoms with Crippen LogP contribution < -0.4 is 5.32 Å². The summed E-state index contributed by atoms with van der Waals surface area (Å²) < 4.78 is 0. The van der Waals surface area contributed by atoms with Crippen molar-refractivity contribution >= 4 is 17.7 Å². The van der Waals surface area contributed by atoms with Crippen molar-refractivity contribution in [2.75, 3.05) is 26.4 Å². The smallest absolute Gasteiger partial charge is 0.251 e. The minimum Gasteiger partial charge on any atom is -0.349 e. The second kappa shape index (κ2) is 6.96. The molecule has 4 heteroatoms. The van der Waals surface area contributed by atoms with Gasteiger partial charge >= 0.3 is 0 Å². The fraction of sp³-hybridized carbons (Fsp3) is 0.533. The minimum absolute atomic E-state index is 0.0671. The van der Waals surface area contributed by atoms with E-state index in [4.69, 9.17) is 0 Å². The van der Waals surface area contributed by atoms with Crippen molar-refractivity contribution in [3.63, 3.8) is 0 Å². The molecule has 1 aliphatic heterocycles. The summed E-state index contributed by atoms with van der Waals surface area (Å²) in [4.78, 5) is 14.5. The monoisotopic (exact) mass is 278 g/mol. The van der Waals surface area contributed by atoms with E-state index in [0.29, 0.717) is 6.04 Å². The fourth-order valence-corrected chi connectivity index (χ4v) is 2.90. The summed E-state index contributed by atoms with van der Waals surface area (Å²) in [6.07, 6.45) is 4.17. The molecule has 1 aliphatic rings. The summed E-state index contributed by atoms with van der Waals surface area (Å²) in [5.41, 5.74) is 1.99. The maximum absolute atomic E-state index is 12.2. The Morgan fingerprint density at radius 2 is 2.16 bits per heavy atom. The number of thioether (sulfide) groups is 1. The molecule has 0 aliphatic carbocycles. The summed E-state index contributed by atoms with van der Waals surface area (Å²) >= 11 is 1.77. The first-order chi connectivity index (χ1) is 9.19. The van der Waals surface area contributed by atoms with Crippen LogP contribution in [-0.4, -0.2) is 43.2 Å². The molecule has 1 amide bonds. The summed E-state index contributed by atoms with van der Waals surface area (Å²) in [6, 6.07) is 8.26. The van der Waals surface area contributed by atoms with Crippen molar-refractivity contribution in [1.29, 1.82) is 0 Å². The molecule has 1 N–H and O–H groups in total. The largest absolute Gasteiger partial charge is 0.349 e. The van der Waals surface area contributed by atoms with Crippen molar-refractivity contribution in [2.24, 2.45) is 0 Å². The average Bonchev–Trinajstić information content (AvgIpc) is 2.42. The first-order valence-electron chi connectivity index (χ1n) is 6.76. The van der Waals surface area contributed by atoms with Crippen LogP contribution in [0.1, 0.15) is 28.8 Å². The molecular weight excluding hydrogens is 256 g/mol. The molecule has 1 heterocycles. The summed E-state index contributed by atoms with van der Waals surface area (Å²) in [5.74, 6) is 1.02. The fourth-order valence-electron chi connectivity index (χ4n) is 2.39. The number of nitrogens with zero attached hydrogens (tertiary/aromatic N) is 1. The van der Waals surface area contributed by atoms with Gasteiger partial charge in [0.05, 0.1) is 0 Å². The van der Waals surface area contributed by atoms with Crippen molar-refractivity contribution in [2.45, 2.75) is 24.6 Å². The molecule has 0 bridgehead atoms. The lowest BCUT2D eigenvalue weighted by Gasteiger charge is -2.29. The van der Waals surface area contributed by atoms with Crippen LogP contribution in [0.3, 0.4) is 0 Å². The first-order valence-corrected chi connectivity index (χ1v) is 8.15. The highest BCUT2D eigenvalue weighted by Crippen LogP contribution is 2.13. The van der Waals surface area contributed by atoms with Gasteiger partial charge in [-0.25, -0.2) is 0 Å². The van der Waals surface area contributed by atoms with Crippen LogP contribution in [0, 0.1) is 0 Å². The molecule has 19 heavy (non-hydrogen) atoms. The lowest BCUT2D eigenvalue weighted by atomic mass is 10.0. The number of likely N-dealkylation sites (tertiary alicyclic amines) is 1. The number of rotatable bonds is 4. The van der Waals surface area contributed by atoms with Gasteiger partial charge in [0.15, 0.2) is 0 Å². The predicted molar refractivity (Wildman–Crippen MR) is 81.6 cm³/mol. The molecule has 1 saturated heterocycles. The van der Waals surface area contributed by atoms with Gasteiger partial charge in [-0.1, -0.05) is 12.1 Å². The van der Waals surface area contributed by atoms with Crippen LogP contribution in [0.2, 0.25) is 0 Å². The Labute approximate surface area is 119 Å². The van der Waals surface area contributed by atoms with Crippen molar-refractivity contribution in [1.82, 2.24) is 10.2 Å². The molecule has 1 aromatic rings. The Hall–Kier alpha value is -1.00. The van der Waals surface area contributed by atoms with Crippen molar-refractivity contribution in [3.8, 4) is 0 Å². The number of benzene rings is 1. The van der Waals surface area contributed by atoms with E-state index in [1.807, 2.05) is 18.2 Å². The Morgan fingerprint density at radius 3 is 2.84 bits per heavy atom. The summed E-state index contributed by atoms with van der Waals surface area (Å²) in [7, 11) is 2.13. The van der Waals surface area contributed by atoms with Gasteiger partial charge in [-0.15, -0.1) is 0 Å². The lowest BCUT2D eigenvalue weighted by Crippen LogP contribution is -2.43. The predicted octanol–water partition coefficient (Wildman–Crippen LogP) is 2.37. The molecule has 0 atom stereocenters. The van der Waals surface area contributed by atoms with Crippen LogP contribution in [0.5, 0.6) is 0 Å².